The largest absolute Gasteiger partial charge is 0.303 e. The van der Waals surface area contributed by atoms with Crippen molar-refractivity contribution in [2.45, 2.75) is 32.7 Å². The van der Waals surface area contributed by atoms with E-state index in [0.29, 0.717) is 11.4 Å². The van der Waals surface area contributed by atoms with Gasteiger partial charge in [0.05, 0.1) is 11.6 Å². The first-order valence-corrected chi connectivity index (χ1v) is 10.00. The lowest BCUT2D eigenvalue weighted by molar-refractivity contribution is -0.109. The van der Waals surface area contributed by atoms with Crippen molar-refractivity contribution in [3.05, 3.63) is 62.5 Å². The lowest BCUT2D eigenvalue weighted by Gasteiger charge is -2.11. The molecule has 5 nitrogen and oxygen atoms in total. The highest BCUT2D eigenvalue weighted by atomic mass is 35.5. The molecule has 2 aromatic heterocycles. The lowest BCUT2D eigenvalue weighted by atomic mass is 9.99. The van der Waals surface area contributed by atoms with Gasteiger partial charge in [0, 0.05) is 21.0 Å². The summed E-state index contributed by atoms with van der Waals surface area (Å²) in [7, 11) is 0. The van der Waals surface area contributed by atoms with E-state index < -0.39 is 5.54 Å². The number of nitrogens with zero attached hydrogens (tertiary/aromatic N) is 4. The highest BCUT2D eigenvalue weighted by Crippen LogP contribution is 2.56. The van der Waals surface area contributed by atoms with Gasteiger partial charge in [-0.15, -0.1) is 21.5 Å². The summed E-state index contributed by atoms with van der Waals surface area (Å²) in [6, 6.07) is 7.73. The van der Waals surface area contributed by atoms with Gasteiger partial charge in [0.2, 0.25) is 0 Å². The molecule has 5 rings (SSSR count). The van der Waals surface area contributed by atoms with E-state index in [1.165, 1.54) is 10.4 Å². The summed E-state index contributed by atoms with van der Waals surface area (Å²) < 4.78 is 2.09. The molecule has 27 heavy (non-hydrogen) atoms. The highest BCUT2D eigenvalue weighted by Gasteiger charge is 2.61. The third kappa shape index (κ3) is 2.23. The van der Waals surface area contributed by atoms with E-state index in [1.807, 2.05) is 31.2 Å². The number of benzene rings is 1. The number of aliphatic imine (C=N–C) groups is 1. The fourth-order valence-corrected chi connectivity index (χ4v) is 5.21. The van der Waals surface area contributed by atoms with Crippen LogP contribution in [-0.4, -0.2) is 26.8 Å². The lowest BCUT2D eigenvalue weighted by Crippen LogP contribution is -2.15. The Morgan fingerprint density at radius 2 is 1.96 bits per heavy atom. The van der Waals surface area contributed by atoms with E-state index in [-0.39, 0.29) is 5.92 Å². The number of thiophene rings is 1. The maximum atomic E-state index is 11.6. The summed E-state index contributed by atoms with van der Waals surface area (Å²) in [6.45, 7) is 6.19. The molecule has 0 radical (unpaired) electrons. The molecule has 1 aliphatic heterocycles. The number of hydrogen-bond donors (Lipinski definition) is 0. The van der Waals surface area contributed by atoms with E-state index in [9.17, 15) is 4.79 Å². The van der Waals surface area contributed by atoms with Crippen LogP contribution in [0.5, 0.6) is 0 Å². The van der Waals surface area contributed by atoms with Crippen LogP contribution >= 0.6 is 22.9 Å². The predicted octanol–water partition coefficient (Wildman–Crippen LogP) is 4.17. The van der Waals surface area contributed by atoms with Crippen LogP contribution in [0.3, 0.4) is 0 Å². The number of carbonyl (C=O) groups is 1. The van der Waals surface area contributed by atoms with Gasteiger partial charge in [-0.1, -0.05) is 23.7 Å². The van der Waals surface area contributed by atoms with E-state index in [1.54, 1.807) is 11.3 Å². The van der Waals surface area contributed by atoms with Crippen LogP contribution in [0.15, 0.2) is 29.3 Å². The Bertz CT molecular complexity index is 1130. The van der Waals surface area contributed by atoms with Gasteiger partial charge in [-0.3, -0.25) is 9.56 Å². The highest BCUT2D eigenvalue weighted by molar-refractivity contribution is 7.15. The summed E-state index contributed by atoms with van der Waals surface area (Å²) in [5, 5.41) is 10.5. The molecule has 0 bridgehead atoms. The fraction of sp³-hybridized carbons (Fsp3) is 0.300. The molecule has 1 fully saturated rings. The van der Waals surface area contributed by atoms with Gasteiger partial charge >= 0.3 is 0 Å². The van der Waals surface area contributed by atoms with Crippen molar-refractivity contribution in [2.75, 3.05) is 0 Å². The fourth-order valence-electron chi connectivity index (χ4n) is 3.88. The third-order valence-electron chi connectivity index (χ3n) is 5.60. The second-order valence-electron chi connectivity index (χ2n) is 7.21. The number of aromatic nitrogens is 3. The van der Waals surface area contributed by atoms with Gasteiger partial charge < -0.3 is 4.79 Å². The zero-order chi connectivity index (χ0) is 18.9. The third-order valence-corrected chi connectivity index (χ3v) is 7.04. The van der Waals surface area contributed by atoms with Crippen LogP contribution < -0.4 is 0 Å². The topological polar surface area (TPSA) is 60.1 Å². The smallest absolute Gasteiger partial charge is 0.167 e. The quantitative estimate of drug-likeness (QED) is 0.611. The van der Waals surface area contributed by atoms with Crippen LogP contribution in [0.2, 0.25) is 5.02 Å². The van der Waals surface area contributed by atoms with E-state index in [4.69, 9.17) is 16.6 Å². The van der Waals surface area contributed by atoms with Gasteiger partial charge in [0.15, 0.2) is 5.82 Å². The van der Waals surface area contributed by atoms with Crippen molar-refractivity contribution in [1.29, 1.82) is 0 Å². The minimum Gasteiger partial charge on any atom is -0.303 e. The Kier molecular flexibility index (Phi) is 3.49. The normalized spacial score (nSPS) is 22.8. The minimum atomic E-state index is -0.628. The summed E-state index contributed by atoms with van der Waals surface area (Å²) in [5.74, 6) is 1.41. The molecule has 1 spiro atoms. The zero-order valence-electron chi connectivity index (χ0n) is 15.2. The molecule has 1 aromatic carbocycles. The van der Waals surface area contributed by atoms with Crippen molar-refractivity contribution in [2.24, 2.45) is 10.9 Å². The average molecular weight is 397 g/mol. The van der Waals surface area contributed by atoms with Gasteiger partial charge in [-0.2, -0.15) is 0 Å². The first-order valence-electron chi connectivity index (χ1n) is 8.80. The number of aldehydes is 1. The molecule has 1 saturated carbocycles. The predicted molar refractivity (Wildman–Crippen MR) is 106 cm³/mol. The first kappa shape index (κ1) is 16.8. The molecule has 3 heterocycles. The van der Waals surface area contributed by atoms with Crippen LogP contribution in [0.4, 0.5) is 0 Å². The van der Waals surface area contributed by atoms with Gasteiger partial charge in [0.25, 0.3) is 0 Å². The summed E-state index contributed by atoms with van der Waals surface area (Å²) >= 11 is 7.82. The zero-order valence-corrected chi connectivity index (χ0v) is 16.7. The Morgan fingerprint density at radius 1 is 1.22 bits per heavy atom. The molecule has 0 amide bonds. The van der Waals surface area contributed by atoms with Gasteiger partial charge in [0.1, 0.15) is 22.7 Å². The number of rotatable bonds is 2. The minimum absolute atomic E-state index is 0.169. The monoisotopic (exact) mass is 396 g/mol. The number of halogens is 1. The van der Waals surface area contributed by atoms with E-state index >= 15 is 0 Å². The molecular formula is C20H17ClN4OS. The summed E-state index contributed by atoms with van der Waals surface area (Å²) in [4.78, 5) is 18.1. The van der Waals surface area contributed by atoms with Crippen LogP contribution in [0.1, 0.15) is 39.6 Å². The molecule has 0 saturated heterocycles. The Hall–Kier alpha value is -2.31. The van der Waals surface area contributed by atoms with Gasteiger partial charge in [-0.25, -0.2) is 0 Å². The average Bonchev–Trinajstić information content (AvgIpc) is 3.15. The molecule has 7 heteroatoms. The molecular weight excluding hydrogens is 380 g/mol. The van der Waals surface area contributed by atoms with Crippen molar-refractivity contribution >= 4 is 34.9 Å². The van der Waals surface area contributed by atoms with Crippen molar-refractivity contribution < 1.29 is 4.79 Å². The van der Waals surface area contributed by atoms with Gasteiger partial charge in [-0.05, 0) is 44.9 Å². The number of fused-ring (bicyclic) bond motifs is 4. The standard InChI is InChI=1S/C20H17ClN4OS/c1-10-11(2)27-18-16(10)17(13-4-6-15(21)7-5-13)22-20(8-14(20)9-26)19-24-23-12(3)25(18)19/h4-7,9,14H,8H2,1-3H3/t14-,20-/m0/s1. The van der Waals surface area contributed by atoms with E-state index in [2.05, 4.69) is 28.6 Å². The van der Waals surface area contributed by atoms with Crippen LogP contribution in [0.25, 0.3) is 5.00 Å². The van der Waals surface area contributed by atoms with E-state index in [0.717, 1.165) is 39.8 Å². The molecule has 0 N–H and O–H groups in total. The maximum Gasteiger partial charge on any atom is 0.167 e. The molecule has 2 atom stereocenters. The number of aryl methyl sites for hydroxylation is 2. The molecule has 136 valence electrons. The number of hydrogen-bond acceptors (Lipinski definition) is 5. The Labute approximate surface area is 165 Å². The van der Waals surface area contributed by atoms with Crippen LogP contribution in [0, 0.1) is 26.7 Å². The summed E-state index contributed by atoms with van der Waals surface area (Å²) in [6.07, 6.45) is 1.66. The van der Waals surface area contributed by atoms with Crippen molar-refractivity contribution in [3.8, 4) is 5.00 Å². The maximum absolute atomic E-state index is 11.6. The Morgan fingerprint density at radius 3 is 2.63 bits per heavy atom. The van der Waals surface area contributed by atoms with Crippen LogP contribution in [-0.2, 0) is 10.3 Å². The first-order chi connectivity index (χ1) is 13.0. The van der Waals surface area contributed by atoms with Crippen molar-refractivity contribution in [3.63, 3.8) is 0 Å². The molecule has 2 aliphatic rings. The number of carbonyl (C=O) groups excluding carboxylic acids is 1. The molecule has 1 aliphatic carbocycles. The molecule has 3 aromatic rings. The second kappa shape index (κ2) is 5.59. The summed E-state index contributed by atoms with van der Waals surface area (Å²) in [5.41, 5.74) is 3.56. The Balaban J connectivity index is 1.87. The second-order valence-corrected chi connectivity index (χ2v) is 8.85. The SMILES string of the molecule is Cc1sc2c(c1C)C(c1ccc(Cl)cc1)=N[C@]1(C[C@H]1C=O)c1nnc(C)n1-2. The molecule has 0 unspecified atom stereocenters. The van der Waals surface area contributed by atoms with Crippen molar-refractivity contribution in [1.82, 2.24) is 14.8 Å².